The van der Waals surface area contributed by atoms with E-state index in [-0.39, 0.29) is 11.6 Å². The Kier molecular flexibility index (Phi) is 5.05. The summed E-state index contributed by atoms with van der Waals surface area (Å²) in [6.07, 6.45) is 0. The minimum Gasteiger partial charge on any atom is -0.368 e. The number of aryl methyl sites for hydroxylation is 1. The molecule has 7 heteroatoms. The van der Waals surface area contributed by atoms with E-state index in [4.69, 9.17) is 11.6 Å². The molecular weight excluding hydrogens is 379 g/mol. The molecule has 0 unspecified atom stereocenters. The molecule has 1 aliphatic rings. The molecule has 5 nitrogen and oxygen atoms in total. The van der Waals surface area contributed by atoms with Gasteiger partial charge in [-0.05, 0) is 43.3 Å². The van der Waals surface area contributed by atoms with Gasteiger partial charge in [0.1, 0.15) is 17.2 Å². The summed E-state index contributed by atoms with van der Waals surface area (Å²) in [5.74, 6) is -0.556. The number of benzene rings is 2. The van der Waals surface area contributed by atoms with Crippen LogP contribution in [0.3, 0.4) is 0 Å². The second kappa shape index (κ2) is 7.64. The molecule has 1 aliphatic heterocycles. The summed E-state index contributed by atoms with van der Waals surface area (Å²) >= 11 is 6.08. The quantitative estimate of drug-likeness (QED) is 0.671. The fourth-order valence-electron chi connectivity index (χ4n) is 3.46. The number of hydrogen-bond acceptors (Lipinski definition) is 3. The summed E-state index contributed by atoms with van der Waals surface area (Å²) < 4.78 is 15.6. The van der Waals surface area contributed by atoms with E-state index in [9.17, 15) is 9.18 Å². The number of anilines is 1. The molecule has 144 valence electrons. The number of hydrogen-bond donors (Lipinski definition) is 0. The van der Waals surface area contributed by atoms with Crippen molar-refractivity contribution in [3.8, 4) is 5.69 Å². The second-order valence-electron chi connectivity index (χ2n) is 6.79. The van der Waals surface area contributed by atoms with E-state index in [1.807, 2.05) is 24.3 Å². The number of amides is 1. The van der Waals surface area contributed by atoms with Gasteiger partial charge in [0.15, 0.2) is 0 Å². The van der Waals surface area contributed by atoms with Crippen molar-refractivity contribution in [2.24, 2.45) is 0 Å². The summed E-state index contributed by atoms with van der Waals surface area (Å²) in [6.45, 7) is 4.36. The van der Waals surface area contributed by atoms with Crippen LogP contribution < -0.4 is 4.90 Å². The molecule has 1 fully saturated rings. The zero-order valence-corrected chi connectivity index (χ0v) is 16.2. The molecule has 3 aromatic rings. The van der Waals surface area contributed by atoms with Gasteiger partial charge in [0.25, 0.3) is 5.91 Å². The summed E-state index contributed by atoms with van der Waals surface area (Å²) in [5, 5.41) is 5.03. The van der Waals surface area contributed by atoms with E-state index in [1.165, 1.54) is 10.7 Å². The molecule has 4 rings (SSSR count). The number of carbonyl (C=O) groups is 1. The molecule has 2 aromatic carbocycles. The highest BCUT2D eigenvalue weighted by atomic mass is 35.5. The first-order valence-electron chi connectivity index (χ1n) is 9.14. The zero-order chi connectivity index (χ0) is 19.7. The van der Waals surface area contributed by atoms with Crippen LogP contribution >= 0.6 is 11.6 Å². The number of piperazine rings is 1. The molecule has 0 atom stereocenters. The smallest absolute Gasteiger partial charge is 0.272 e. The van der Waals surface area contributed by atoms with E-state index in [1.54, 1.807) is 36.1 Å². The van der Waals surface area contributed by atoms with Crippen LogP contribution in [0.15, 0.2) is 54.6 Å². The van der Waals surface area contributed by atoms with Crippen molar-refractivity contribution in [3.63, 3.8) is 0 Å². The van der Waals surface area contributed by atoms with Gasteiger partial charge in [-0.25, -0.2) is 9.07 Å². The summed E-state index contributed by atoms with van der Waals surface area (Å²) in [6, 6.07) is 15.7. The van der Waals surface area contributed by atoms with Crippen molar-refractivity contribution in [1.82, 2.24) is 14.7 Å². The molecule has 28 heavy (non-hydrogen) atoms. The van der Waals surface area contributed by atoms with Gasteiger partial charge in [-0.3, -0.25) is 4.79 Å². The van der Waals surface area contributed by atoms with Gasteiger partial charge in [-0.1, -0.05) is 29.8 Å². The van der Waals surface area contributed by atoms with Crippen molar-refractivity contribution in [2.45, 2.75) is 6.92 Å². The van der Waals surface area contributed by atoms with Crippen molar-refractivity contribution in [3.05, 3.63) is 76.8 Å². The lowest BCUT2D eigenvalue weighted by Crippen LogP contribution is -2.49. The predicted octanol–water partition coefficient (Wildman–Crippen LogP) is 3.94. The highest BCUT2D eigenvalue weighted by molar-refractivity contribution is 6.30. The van der Waals surface area contributed by atoms with E-state index in [0.29, 0.717) is 42.6 Å². The van der Waals surface area contributed by atoms with Gasteiger partial charge in [0.05, 0.1) is 5.69 Å². The number of nitrogens with zero attached hydrogens (tertiary/aromatic N) is 4. The minimum atomic E-state index is -0.412. The van der Waals surface area contributed by atoms with Crippen LogP contribution in [0, 0.1) is 12.7 Å². The summed E-state index contributed by atoms with van der Waals surface area (Å²) in [4.78, 5) is 17.1. The third-order valence-corrected chi connectivity index (χ3v) is 5.11. The SMILES string of the molecule is Cc1cc(C(=O)N2CCN(c3cccc(Cl)c3)CC2)n(-c2ccccc2F)n1. The Hall–Kier alpha value is -2.86. The number of halogens is 2. The first-order valence-corrected chi connectivity index (χ1v) is 9.52. The highest BCUT2D eigenvalue weighted by Gasteiger charge is 2.26. The Balaban J connectivity index is 1.53. The lowest BCUT2D eigenvalue weighted by atomic mass is 10.2. The van der Waals surface area contributed by atoms with Crippen molar-refractivity contribution >= 4 is 23.2 Å². The van der Waals surface area contributed by atoms with Gasteiger partial charge in [0, 0.05) is 36.9 Å². The van der Waals surface area contributed by atoms with Crippen LogP contribution in [0.1, 0.15) is 16.2 Å². The van der Waals surface area contributed by atoms with Gasteiger partial charge in [-0.15, -0.1) is 0 Å². The fourth-order valence-corrected chi connectivity index (χ4v) is 3.65. The monoisotopic (exact) mass is 398 g/mol. The van der Waals surface area contributed by atoms with Crippen LogP contribution in [0.25, 0.3) is 5.69 Å². The molecule has 0 N–H and O–H groups in total. The first-order chi connectivity index (χ1) is 13.5. The van der Waals surface area contributed by atoms with Gasteiger partial charge >= 0.3 is 0 Å². The highest BCUT2D eigenvalue weighted by Crippen LogP contribution is 2.22. The standard InChI is InChI=1S/C21H20ClFN4O/c1-15-13-20(27(24-15)19-8-3-2-7-18(19)23)21(28)26-11-9-25(10-12-26)17-6-4-5-16(22)14-17/h2-8,13-14H,9-12H2,1H3. The van der Waals surface area contributed by atoms with E-state index in [0.717, 1.165) is 5.69 Å². The predicted molar refractivity (Wildman–Crippen MR) is 108 cm³/mol. The van der Waals surface area contributed by atoms with Crippen LogP contribution in [0.4, 0.5) is 10.1 Å². The Morgan fingerprint density at radius 3 is 2.50 bits per heavy atom. The summed E-state index contributed by atoms with van der Waals surface area (Å²) in [7, 11) is 0. The topological polar surface area (TPSA) is 41.4 Å². The molecule has 0 bridgehead atoms. The van der Waals surface area contributed by atoms with E-state index < -0.39 is 5.82 Å². The second-order valence-corrected chi connectivity index (χ2v) is 7.23. The largest absolute Gasteiger partial charge is 0.368 e. The van der Waals surface area contributed by atoms with E-state index in [2.05, 4.69) is 10.00 Å². The first kappa shape index (κ1) is 18.5. The molecule has 2 heterocycles. The average Bonchev–Trinajstić information content (AvgIpc) is 3.09. The molecule has 1 aromatic heterocycles. The maximum Gasteiger partial charge on any atom is 0.272 e. The van der Waals surface area contributed by atoms with E-state index >= 15 is 0 Å². The minimum absolute atomic E-state index is 0.144. The maximum absolute atomic E-state index is 14.2. The molecule has 1 saturated heterocycles. The van der Waals surface area contributed by atoms with Crippen LogP contribution in [0.2, 0.25) is 5.02 Å². The molecular formula is C21H20ClFN4O. The Bertz CT molecular complexity index is 1010. The molecule has 0 aliphatic carbocycles. The maximum atomic E-state index is 14.2. The van der Waals surface area contributed by atoms with Crippen LogP contribution in [-0.4, -0.2) is 46.8 Å². The Morgan fingerprint density at radius 2 is 1.79 bits per heavy atom. The van der Waals surface area contributed by atoms with Gasteiger partial charge in [0.2, 0.25) is 0 Å². The third-order valence-electron chi connectivity index (χ3n) is 4.87. The Labute approximate surface area is 167 Å². The molecule has 0 saturated carbocycles. The lowest BCUT2D eigenvalue weighted by Gasteiger charge is -2.36. The van der Waals surface area contributed by atoms with Crippen molar-refractivity contribution < 1.29 is 9.18 Å². The van der Waals surface area contributed by atoms with Gasteiger partial charge in [-0.2, -0.15) is 5.10 Å². The normalized spacial score (nSPS) is 14.4. The van der Waals surface area contributed by atoms with Crippen LogP contribution in [0.5, 0.6) is 0 Å². The zero-order valence-electron chi connectivity index (χ0n) is 15.5. The molecule has 1 amide bonds. The number of carbonyl (C=O) groups excluding carboxylic acids is 1. The summed E-state index contributed by atoms with van der Waals surface area (Å²) in [5.41, 5.74) is 2.37. The number of rotatable bonds is 3. The molecule has 0 radical (unpaired) electrons. The average molecular weight is 399 g/mol. The Morgan fingerprint density at radius 1 is 1.04 bits per heavy atom. The molecule has 0 spiro atoms. The number of aromatic nitrogens is 2. The van der Waals surface area contributed by atoms with Gasteiger partial charge < -0.3 is 9.80 Å². The fraction of sp³-hybridized carbons (Fsp3) is 0.238. The van der Waals surface area contributed by atoms with Crippen molar-refractivity contribution in [2.75, 3.05) is 31.1 Å². The van der Waals surface area contributed by atoms with Crippen molar-refractivity contribution in [1.29, 1.82) is 0 Å². The third kappa shape index (κ3) is 3.60. The number of para-hydroxylation sites is 1. The van der Waals surface area contributed by atoms with Crippen LogP contribution in [-0.2, 0) is 0 Å². The lowest BCUT2D eigenvalue weighted by molar-refractivity contribution is 0.0737.